The van der Waals surface area contributed by atoms with Crippen LogP contribution >= 0.6 is 0 Å². The molecule has 1 N–H and O–H groups in total. The fourth-order valence-electron chi connectivity index (χ4n) is 1.04. The van der Waals surface area contributed by atoms with E-state index in [1.165, 1.54) is 13.3 Å². The number of aromatic nitrogens is 2. The van der Waals surface area contributed by atoms with Gasteiger partial charge in [-0.1, -0.05) is 0 Å². The van der Waals surface area contributed by atoms with Crippen LogP contribution in [0.2, 0.25) is 0 Å². The topological polar surface area (TPSA) is 73.3 Å². The summed E-state index contributed by atoms with van der Waals surface area (Å²) in [6.07, 6.45) is 1.50. The number of ether oxygens (including phenoxy) is 2. The van der Waals surface area contributed by atoms with E-state index in [1.807, 2.05) is 6.92 Å². The van der Waals surface area contributed by atoms with Crippen molar-refractivity contribution in [2.24, 2.45) is 0 Å². The number of nitrogens with zero attached hydrogens (tertiary/aromatic N) is 2. The number of hydrogen-bond acceptors (Lipinski definition) is 6. The Balaban J connectivity index is 2.50. The summed E-state index contributed by atoms with van der Waals surface area (Å²) in [4.78, 5) is 18.9. The van der Waals surface area contributed by atoms with Gasteiger partial charge in [-0.3, -0.25) is 0 Å². The molecule has 0 atom stereocenters. The Kier molecular flexibility index (Phi) is 5.21. The Labute approximate surface area is 94.0 Å². The number of carbonyl (C=O) groups is 1. The van der Waals surface area contributed by atoms with Crippen LogP contribution in [0.1, 0.15) is 17.5 Å². The van der Waals surface area contributed by atoms with Crippen LogP contribution < -0.4 is 5.32 Å². The number of carbonyl (C=O) groups excluding carboxylic acids is 1. The Bertz CT molecular complexity index is 344. The number of hydrogen-bond donors (Lipinski definition) is 1. The molecule has 0 aliphatic rings. The highest BCUT2D eigenvalue weighted by atomic mass is 16.5. The van der Waals surface area contributed by atoms with Gasteiger partial charge in [-0.15, -0.1) is 0 Å². The molecule has 0 unspecified atom stereocenters. The van der Waals surface area contributed by atoms with Crippen molar-refractivity contribution in [1.29, 1.82) is 0 Å². The number of nitrogens with one attached hydrogen (secondary N) is 1. The molecule has 0 fully saturated rings. The minimum atomic E-state index is -0.548. The second-order valence-corrected chi connectivity index (χ2v) is 2.88. The molecule has 6 nitrogen and oxygen atoms in total. The normalized spacial score (nSPS) is 9.88. The lowest BCUT2D eigenvalue weighted by Gasteiger charge is -2.05. The third kappa shape index (κ3) is 3.82. The van der Waals surface area contributed by atoms with Crippen LogP contribution in [0.25, 0.3) is 0 Å². The summed E-state index contributed by atoms with van der Waals surface area (Å²) >= 11 is 0. The zero-order chi connectivity index (χ0) is 11.8. The first-order valence-corrected chi connectivity index (χ1v) is 5.01. The van der Waals surface area contributed by atoms with Crippen molar-refractivity contribution in [3.63, 3.8) is 0 Å². The lowest BCUT2D eigenvalue weighted by atomic mass is 10.5. The molecule has 0 amide bonds. The van der Waals surface area contributed by atoms with Crippen LogP contribution in [0.15, 0.2) is 12.3 Å². The summed E-state index contributed by atoms with van der Waals surface area (Å²) < 4.78 is 9.67. The predicted octanol–water partition coefficient (Wildman–Crippen LogP) is 0.712. The second-order valence-electron chi connectivity index (χ2n) is 2.88. The van der Waals surface area contributed by atoms with Gasteiger partial charge in [0.15, 0.2) is 0 Å². The molecule has 1 aromatic rings. The highest BCUT2D eigenvalue weighted by Crippen LogP contribution is 2.02. The van der Waals surface area contributed by atoms with E-state index in [0.29, 0.717) is 25.6 Å². The lowest BCUT2D eigenvalue weighted by molar-refractivity contribution is 0.0587. The fraction of sp³-hybridized carbons (Fsp3) is 0.500. The molecule has 16 heavy (non-hydrogen) atoms. The Morgan fingerprint density at radius 1 is 1.56 bits per heavy atom. The molecule has 0 aromatic carbocycles. The maximum Gasteiger partial charge on any atom is 0.376 e. The quantitative estimate of drug-likeness (QED) is 0.568. The van der Waals surface area contributed by atoms with Crippen molar-refractivity contribution in [2.45, 2.75) is 6.92 Å². The second kappa shape index (κ2) is 6.73. The van der Waals surface area contributed by atoms with Crippen molar-refractivity contribution in [2.75, 3.05) is 32.2 Å². The van der Waals surface area contributed by atoms with Crippen molar-refractivity contribution in [1.82, 2.24) is 9.97 Å². The highest BCUT2D eigenvalue weighted by molar-refractivity contribution is 5.85. The molecule has 0 saturated heterocycles. The zero-order valence-corrected chi connectivity index (χ0v) is 9.40. The van der Waals surface area contributed by atoms with Crippen molar-refractivity contribution >= 4 is 11.8 Å². The van der Waals surface area contributed by atoms with E-state index < -0.39 is 5.97 Å². The SMILES string of the molecule is CCOCCNc1ccnc(C(=O)OC)n1. The Morgan fingerprint density at radius 2 is 2.38 bits per heavy atom. The zero-order valence-electron chi connectivity index (χ0n) is 9.40. The van der Waals surface area contributed by atoms with Gasteiger partial charge in [-0.25, -0.2) is 14.8 Å². The molecule has 0 saturated carbocycles. The number of anilines is 1. The molecule has 1 heterocycles. The van der Waals surface area contributed by atoms with Gasteiger partial charge in [0.1, 0.15) is 5.82 Å². The average Bonchev–Trinajstić information content (AvgIpc) is 2.34. The first kappa shape index (κ1) is 12.4. The fourth-order valence-corrected chi connectivity index (χ4v) is 1.04. The van der Waals surface area contributed by atoms with E-state index in [2.05, 4.69) is 20.0 Å². The van der Waals surface area contributed by atoms with Crippen LogP contribution in [0.3, 0.4) is 0 Å². The van der Waals surface area contributed by atoms with E-state index in [-0.39, 0.29) is 5.82 Å². The molecule has 0 aliphatic heterocycles. The van der Waals surface area contributed by atoms with Crippen molar-refractivity contribution < 1.29 is 14.3 Å². The predicted molar refractivity (Wildman–Crippen MR) is 58.4 cm³/mol. The van der Waals surface area contributed by atoms with Gasteiger partial charge in [0, 0.05) is 19.3 Å². The van der Waals surface area contributed by atoms with Gasteiger partial charge in [0.25, 0.3) is 0 Å². The maximum atomic E-state index is 11.1. The monoisotopic (exact) mass is 225 g/mol. The summed E-state index contributed by atoms with van der Waals surface area (Å²) in [5.41, 5.74) is 0. The van der Waals surface area contributed by atoms with Crippen molar-refractivity contribution in [3.05, 3.63) is 18.1 Å². The van der Waals surface area contributed by atoms with Crippen LogP contribution in [0, 0.1) is 0 Å². The molecular weight excluding hydrogens is 210 g/mol. The molecule has 88 valence electrons. The molecule has 0 radical (unpaired) electrons. The van der Waals surface area contributed by atoms with Crippen LogP contribution in [0.5, 0.6) is 0 Å². The van der Waals surface area contributed by atoms with E-state index in [0.717, 1.165) is 0 Å². The third-order valence-electron chi connectivity index (χ3n) is 1.78. The average molecular weight is 225 g/mol. The first-order valence-electron chi connectivity index (χ1n) is 5.01. The van der Waals surface area contributed by atoms with E-state index in [4.69, 9.17) is 4.74 Å². The van der Waals surface area contributed by atoms with Gasteiger partial charge in [0.05, 0.1) is 13.7 Å². The molecule has 0 spiro atoms. The molecule has 0 aliphatic carbocycles. The molecule has 6 heteroatoms. The summed E-state index contributed by atoms with van der Waals surface area (Å²) in [7, 11) is 1.29. The Hall–Kier alpha value is -1.69. The standard InChI is InChI=1S/C10H15N3O3/c1-3-16-7-6-11-8-4-5-12-9(13-8)10(14)15-2/h4-5H,3,6-7H2,1-2H3,(H,11,12,13). The lowest BCUT2D eigenvalue weighted by Crippen LogP contribution is -2.13. The summed E-state index contributed by atoms with van der Waals surface area (Å²) in [6.45, 7) is 3.83. The van der Waals surface area contributed by atoms with Crippen LogP contribution in [0.4, 0.5) is 5.82 Å². The van der Waals surface area contributed by atoms with Gasteiger partial charge in [-0.05, 0) is 13.0 Å². The van der Waals surface area contributed by atoms with Crippen LogP contribution in [-0.4, -0.2) is 42.8 Å². The minimum Gasteiger partial charge on any atom is -0.463 e. The maximum absolute atomic E-state index is 11.1. The molecule has 0 bridgehead atoms. The van der Waals surface area contributed by atoms with Gasteiger partial charge in [0.2, 0.25) is 5.82 Å². The minimum absolute atomic E-state index is 0.0453. The van der Waals surface area contributed by atoms with Crippen molar-refractivity contribution in [3.8, 4) is 0 Å². The smallest absolute Gasteiger partial charge is 0.376 e. The van der Waals surface area contributed by atoms with Gasteiger partial charge in [-0.2, -0.15) is 0 Å². The van der Waals surface area contributed by atoms with E-state index in [9.17, 15) is 4.79 Å². The number of esters is 1. The summed E-state index contributed by atoms with van der Waals surface area (Å²) in [5, 5.41) is 3.01. The van der Waals surface area contributed by atoms with E-state index in [1.54, 1.807) is 6.07 Å². The highest BCUT2D eigenvalue weighted by Gasteiger charge is 2.08. The largest absolute Gasteiger partial charge is 0.463 e. The first-order chi connectivity index (χ1) is 7.77. The van der Waals surface area contributed by atoms with E-state index >= 15 is 0 Å². The summed E-state index contributed by atoms with van der Waals surface area (Å²) in [6, 6.07) is 1.68. The Morgan fingerprint density at radius 3 is 3.06 bits per heavy atom. The number of methoxy groups -OCH3 is 1. The van der Waals surface area contributed by atoms with Crippen LogP contribution in [-0.2, 0) is 9.47 Å². The third-order valence-corrected chi connectivity index (χ3v) is 1.78. The summed E-state index contributed by atoms with van der Waals surface area (Å²) in [5.74, 6) is 0.0764. The molecule has 1 aromatic heterocycles. The molecular formula is C10H15N3O3. The molecule has 1 rings (SSSR count). The van der Waals surface area contributed by atoms with Gasteiger partial charge >= 0.3 is 5.97 Å². The van der Waals surface area contributed by atoms with Gasteiger partial charge < -0.3 is 14.8 Å². The number of rotatable bonds is 6.